The molecule has 0 bridgehead atoms. The number of hydrogen-bond acceptors (Lipinski definition) is 6. The van der Waals surface area contributed by atoms with Crippen molar-refractivity contribution in [1.29, 1.82) is 0 Å². The fourth-order valence-corrected chi connectivity index (χ4v) is 3.09. The molecule has 152 valence electrons. The number of ether oxygens (including phenoxy) is 3. The summed E-state index contributed by atoms with van der Waals surface area (Å²) < 4.78 is 15.6. The monoisotopic (exact) mass is 397 g/mol. The van der Waals surface area contributed by atoms with Gasteiger partial charge in [0.25, 0.3) is 0 Å². The second kappa shape index (κ2) is 9.09. The number of amides is 2. The van der Waals surface area contributed by atoms with E-state index in [2.05, 4.69) is 10.5 Å². The Balaban J connectivity index is 1.63. The molecule has 0 spiro atoms. The first-order valence-electron chi connectivity index (χ1n) is 9.05. The number of hydrogen-bond donors (Lipinski definition) is 1. The highest BCUT2D eigenvalue weighted by atomic mass is 16.5. The van der Waals surface area contributed by atoms with Crippen molar-refractivity contribution in [3.05, 3.63) is 48.0 Å². The molecule has 1 aliphatic heterocycles. The van der Waals surface area contributed by atoms with Gasteiger partial charge in [0.2, 0.25) is 11.8 Å². The maximum atomic E-state index is 12.5. The number of carbonyl (C=O) groups excluding carboxylic acids is 2. The number of nitrogens with one attached hydrogen (secondary N) is 1. The number of methoxy groups -OCH3 is 3. The lowest BCUT2D eigenvalue weighted by molar-refractivity contribution is -0.126. The normalized spacial score (nSPS) is 16.2. The predicted molar refractivity (Wildman–Crippen MR) is 109 cm³/mol. The third kappa shape index (κ3) is 4.66. The van der Waals surface area contributed by atoms with Crippen LogP contribution in [0.4, 0.5) is 5.69 Å². The number of carbonyl (C=O) groups is 2. The topological polar surface area (TPSA) is 89.5 Å². The van der Waals surface area contributed by atoms with Crippen LogP contribution in [-0.4, -0.2) is 45.9 Å². The second-order valence-corrected chi connectivity index (χ2v) is 6.45. The Morgan fingerprint density at radius 2 is 1.76 bits per heavy atom. The van der Waals surface area contributed by atoms with Crippen LogP contribution in [-0.2, 0) is 9.59 Å². The summed E-state index contributed by atoms with van der Waals surface area (Å²) in [4.78, 5) is 26.4. The Morgan fingerprint density at radius 3 is 2.41 bits per heavy atom. The van der Waals surface area contributed by atoms with E-state index in [0.717, 1.165) is 5.69 Å². The molecule has 1 atom stereocenters. The van der Waals surface area contributed by atoms with Crippen molar-refractivity contribution >= 4 is 23.7 Å². The molecule has 3 rings (SSSR count). The molecule has 1 heterocycles. The summed E-state index contributed by atoms with van der Waals surface area (Å²) in [5.41, 5.74) is 3.90. The molecule has 1 unspecified atom stereocenters. The number of rotatable bonds is 7. The van der Waals surface area contributed by atoms with E-state index < -0.39 is 5.92 Å². The minimum Gasteiger partial charge on any atom is -0.497 e. The first kappa shape index (κ1) is 20.2. The summed E-state index contributed by atoms with van der Waals surface area (Å²) >= 11 is 0. The summed E-state index contributed by atoms with van der Waals surface area (Å²) in [6.45, 7) is 0.301. The summed E-state index contributed by atoms with van der Waals surface area (Å²) in [6, 6.07) is 12.4. The first-order chi connectivity index (χ1) is 14.0. The quantitative estimate of drug-likeness (QED) is 0.572. The van der Waals surface area contributed by atoms with Crippen LogP contribution >= 0.6 is 0 Å². The van der Waals surface area contributed by atoms with Crippen molar-refractivity contribution in [2.24, 2.45) is 11.0 Å². The highest BCUT2D eigenvalue weighted by Gasteiger charge is 2.35. The van der Waals surface area contributed by atoms with Crippen LogP contribution < -0.4 is 24.5 Å². The highest BCUT2D eigenvalue weighted by Crippen LogP contribution is 2.27. The molecule has 0 aliphatic carbocycles. The second-order valence-electron chi connectivity index (χ2n) is 6.45. The van der Waals surface area contributed by atoms with E-state index in [1.165, 1.54) is 6.21 Å². The minimum atomic E-state index is -0.478. The third-order valence-electron chi connectivity index (χ3n) is 4.70. The first-order valence-corrected chi connectivity index (χ1v) is 9.05. The van der Waals surface area contributed by atoms with Gasteiger partial charge in [-0.2, -0.15) is 5.10 Å². The van der Waals surface area contributed by atoms with Crippen molar-refractivity contribution in [2.75, 3.05) is 32.8 Å². The van der Waals surface area contributed by atoms with Gasteiger partial charge in [-0.25, -0.2) is 5.43 Å². The van der Waals surface area contributed by atoms with E-state index >= 15 is 0 Å². The molecular weight excluding hydrogens is 374 g/mol. The van der Waals surface area contributed by atoms with Crippen LogP contribution in [0, 0.1) is 5.92 Å². The van der Waals surface area contributed by atoms with Gasteiger partial charge in [-0.05, 0) is 42.5 Å². The van der Waals surface area contributed by atoms with Gasteiger partial charge in [0.05, 0.1) is 33.5 Å². The Hall–Kier alpha value is -3.55. The molecule has 2 aromatic carbocycles. The van der Waals surface area contributed by atoms with Crippen LogP contribution in [0.1, 0.15) is 12.0 Å². The Morgan fingerprint density at radius 1 is 1.07 bits per heavy atom. The van der Waals surface area contributed by atoms with Crippen LogP contribution in [0.3, 0.4) is 0 Å². The van der Waals surface area contributed by atoms with Gasteiger partial charge in [-0.1, -0.05) is 0 Å². The smallest absolute Gasteiger partial charge is 0.245 e. The molecule has 2 amide bonds. The van der Waals surface area contributed by atoms with Gasteiger partial charge < -0.3 is 19.1 Å². The lowest BCUT2D eigenvalue weighted by Crippen LogP contribution is -2.30. The molecule has 0 radical (unpaired) electrons. The van der Waals surface area contributed by atoms with Gasteiger partial charge in [-0.3, -0.25) is 9.59 Å². The zero-order chi connectivity index (χ0) is 20.8. The Bertz CT molecular complexity index is 911. The molecule has 8 nitrogen and oxygen atoms in total. The van der Waals surface area contributed by atoms with Gasteiger partial charge in [0, 0.05) is 24.2 Å². The fraction of sp³-hybridized carbons (Fsp3) is 0.286. The largest absolute Gasteiger partial charge is 0.497 e. The zero-order valence-electron chi connectivity index (χ0n) is 16.5. The zero-order valence-corrected chi connectivity index (χ0v) is 16.5. The number of nitrogens with zero attached hydrogens (tertiary/aromatic N) is 2. The van der Waals surface area contributed by atoms with Gasteiger partial charge in [0.1, 0.15) is 17.2 Å². The molecule has 1 saturated heterocycles. The van der Waals surface area contributed by atoms with E-state index in [0.29, 0.717) is 29.4 Å². The van der Waals surface area contributed by atoms with Gasteiger partial charge in [0.15, 0.2) is 0 Å². The maximum Gasteiger partial charge on any atom is 0.245 e. The molecule has 2 aromatic rings. The molecule has 29 heavy (non-hydrogen) atoms. The van der Waals surface area contributed by atoms with Gasteiger partial charge >= 0.3 is 0 Å². The van der Waals surface area contributed by atoms with Crippen molar-refractivity contribution < 1.29 is 23.8 Å². The average Bonchev–Trinajstić information content (AvgIpc) is 3.15. The van der Waals surface area contributed by atoms with E-state index in [1.54, 1.807) is 68.7 Å². The van der Waals surface area contributed by atoms with E-state index in [1.807, 2.05) is 0 Å². The van der Waals surface area contributed by atoms with Gasteiger partial charge in [-0.15, -0.1) is 0 Å². The Labute approximate surface area is 169 Å². The summed E-state index contributed by atoms with van der Waals surface area (Å²) in [5, 5.41) is 4.01. The van der Waals surface area contributed by atoms with Crippen LogP contribution in [0.15, 0.2) is 47.6 Å². The summed E-state index contributed by atoms with van der Waals surface area (Å²) in [5.74, 6) is 1.06. The Kier molecular flexibility index (Phi) is 6.33. The van der Waals surface area contributed by atoms with E-state index in [4.69, 9.17) is 14.2 Å². The predicted octanol–water partition coefficient (Wildman–Crippen LogP) is 2.22. The maximum absolute atomic E-state index is 12.5. The standard InChI is InChI=1S/C21H23N3O5/c1-27-17-6-4-16(5-7-17)24-13-15(11-20(24)25)21(26)23-22-12-14-10-18(28-2)8-9-19(14)29-3/h4-10,12,15H,11,13H2,1-3H3,(H,23,26)/b22-12+. The summed E-state index contributed by atoms with van der Waals surface area (Å²) in [7, 11) is 4.70. The molecule has 0 aromatic heterocycles. The molecule has 1 aliphatic rings. The summed E-state index contributed by atoms with van der Waals surface area (Å²) in [6.07, 6.45) is 1.62. The van der Waals surface area contributed by atoms with E-state index in [9.17, 15) is 9.59 Å². The molecule has 0 saturated carbocycles. The SMILES string of the molecule is COc1ccc(N2CC(C(=O)N/N=C/c3cc(OC)ccc3OC)CC2=O)cc1. The van der Waals surface area contributed by atoms with Crippen LogP contribution in [0.2, 0.25) is 0 Å². The van der Waals surface area contributed by atoms with E-state index in [-0.39, 0.29) is 18.2 Å². The molecule has 8 heteroatoms. The lowest BCUT2D eigenvalue weighted by Gasteiger charge is -2.16. The third-order valence-corrected chi connectivity index (χ3v) is 4.70. The van der Waals surface area contributed by atoms with Crippen molar-refractivity contribution in [2.45, 2.75) is 6.42 Å². The highest BCUT2D eigenvalue weighted by molar-refractivity contribution is 6.00. The van der Waals surface area contributed by atoms with Crippen LogP contribution in [0.25, 0.3) is 0 Å². The number of hydrazone groups is 1. The fourth-order valence-electron chi connectivity index (χ4n) is 3.09. The minimum absolute atomic E-state index is 0.103. The molecular formula is C21H23N3O5. The molecule has 1 N–H and O–H groups in total. The number of anilines is 1. The van der Waals surface area contributed by atoms with Crippen molar-refractivity contribution in [3.8, 4) is 17.2 Å². The van der Waals surface area contributed by atoms with Crippen molar-refractivity contribution in [3.63, 3.8) is 0 Å². The van der Waals surface area contributed by atoms with Crippen LogP contribution in [0.5, 0.6) is 17.2 Å². The number of benzene rings is 2. The average molecular weight is 397 g/mol. The van der Waals surface area contributed by atoms with Crippen molar-refractivity contribution in [1.82, 2.24) is 5.43 Å². The lowest BCUT2D eigenvalue weighted by atomic mass is 10.1. The molecule has 1 fully saturated rings.